The molecule has 3 heterocycles. The normalized spacial score (nSPS) is 26.5. The van der Waals surface area contributed by atoms with Gasteiger partial charge in [0.1, 0.15) is 0 Å². The van der Waals surface area contributed by atoms with Crippen LogP contribution in [-0.4, -0.2) is 40.5 Å². The Hall–Kier alpha value is -2.63. The lowest BCUT2D eigenvalue weighted by molar-refractivity contribution is -0.157. The van der Waals surface area contributed by atoms with E-state index in [4.69, 9.17) is 4.74 Å². The van der Waals surface area contributed by atoms with Crippen molar-refractivity contribution in [3.8, 4) is 0 Å². The van der Waals surface area contributed by atoms with Gasteiger partial charge in [-0.15, -0.1) is 0 Å². The van der Waals surface area contributed by atoms with Crippen LogP contribution < -0.4 is 5.56 Å². The van der Waals surface area contributed by atoms with Crippen LogP contribution in [0.3, 0.4) is 0 Å². The molecular weight excluding hydrogens is 344 g/mol. The van der Waals surface area contributed by atoms with Crippen molar-refractivity contribution in [3.05, 3.63) is 46.2 Å². The number of carbonyl (C=O) groups is 2. The van der Waals surface area contributed by atoms with Crippen molar-refractivity contribution < 1.29 is 14.3 Å². The van der Waals surface area contributed by atoms with Gasteiger partial charge in [0.25, 0.3) is 5.91 Å². The van der Waals surface area contributed by atoms with E-state index in [9.17, 15) is 14.4 Å². The molecule has 2 fully saturated rings. The fourth-order valence-electron chi connectivity index (χ4n) is 5.03. The van der Waals surface area contributed by atoms with Crippen molar-refractivity contribution in [1.29, 1.82) is 0 Å². The second-order valence-electron chi connectivity index (χ2n) is 7.49. The zero-order valence-electron chi connectivity index (χ0n) is 15.7. The van der Waals surface area contributed by atoms with Crippen molar-refractivity contribution >= 4 is 22.8 Å². The molecule has 6 heteroatoms. The van der Waals surface area contributed by atoms with Crippen molar-refractivity contribution in [1.82, 2.24) is 9.88 Å². The zero-order chi connectivity index (χ0) is 19.2. The monoisotopic (exact) mass is 368 g/mol. The first kappa shape index (κ1) is 17.8. The number of para-hydroxylation sites is 1. The summed E-state index contributed by atoms with van der Waals surface area (Å²) in [6, 6.07) is 8.54. The summed E-state index contributed by atoms with van der Waals surface area (Å²) in [5.74, 6) is -0.363. The van der Waals surface area contributed by atoms with E-state index < -0.39 is 5.41 Å². The van der Waals surface area contributed by atoms with E-state index in [2.05, 4.69) is 4.98 Å². The molecule has 2 bridgehead atoms. The molecular formula is C21H24N2O4. The first-order valence-corrected chi connectivity index (χ1v) is 9.63. The highest BCUT2D eigenvalue weighted by Gasteiger charge is 2.61. The number of hydrogen-bond donors (Lipinski definition) is 1. The minimum Gasteiger partial charge on any atom is -0.466 e. The maximum Gasteiger partial charge on any atom is 0.314 e. The van der Waals surface area contributed by atoms with E-state index in [-0.39, 0.29) is 29.5 Å². The molecule has 2 aromatic rings. The highest BCUT2D eigenvalue weighted by atomic mass is 16.5. The molecule has 1 aromatic carbocycles. The molecule has 2 saturated heterocycles. The fourth-order valence-corrected chi connectivity index (χ4v) is 5.03. The molecule has 6 nitrogen and oxygen atoms in total. The summed E-state index contributed by atoms with van der Waals surface area (Å²) in [6.45, 7) is 4.13. The summed E-state index contributed by atoms with van der Waals surface area (Å²) in [7, 11) is 0. The molecule has 0 aliphatic carbocycles. The molecule has 2 aliphatic heterocycles. The molecule has 1 amide bonds. The summed E-state index contributed by atoms with van der Waals surface area (Å²) in [5.41, 5.74) is 0.121. The second kappa shape index (κ2) is 6.51. The molecule has 0 radical (unpaired) electrons. The van der Waals surface area contributed by atoms with Crippen molar-refractivity contribution in [2.24, 2.45) is 5.41 Å². The number of nitrogens with one attached hydrogen (secondary N) is 1. The van der Waals surface area contributed by atoms with E-state index in [1.807, 2.05) is 30.0 Å². The third kappa shape index (κ3) is 2.58. The SMILES string of the molecule is CCOC(=O)[C@@]1(CC)C[C@H]2CC[C@@H]1N2C(=O)c1cc(=O)[nH]c2ccccc12. The van der Waals surface area contributed by atoms with E-state index in [0.29, 0.717) is 30.5 Å². The van der Waals surface area contributed by atoms with E-state index in [1.165, 1.54) is 6.07 Å². The quantitative estimate of drug-likeness (QED) is 0.842. The Balaban J connectivity index is 1.76. The van der Waals surface area contributed by atoms with Crippen LogP contribution in [0.5, 0.6) is 0 Å². The number of aromatic nitrogens is 1. The number of carbonyl (C=O) groups excluding carboxylic acids is 2. The smallest absolute Gasteiger partial charge is 0.314 e. The highest BCUT2D eigenvalue weighted by Crippen LogP contribution is 2.53. The Kier molecular flexibility index (Phi) is 4.29. The Labute approximate surface area is 157 Å². The number of H-pyrrole nitrogens is 1. The number of hydrogen-bond acceptors (Lipinski definition) is 4. The number of aromatic amines is 1. The number of pyridine rings is 1. The molecule has 1 N–H and O–H groups in total. The molecule has 4 rings (SSSR count). The Bertz CT molecular complexity index is 966. The van der Waals surface area contributed by atoms with Gasteiger partial charge in [0.05, 0.1) is 17.6 Å². The first-order chi connectivity index (χ1) is 13.0. The van der Waals surface area contributed by atoms with Gasteiger partial charge in [0, 0.05) is 29.1 Å². The predicted molar refractivity (Wildman–Crippen MR) is 102 cm³/mol. The summed E-state index contributed by atoms with van der Waals surface area (Å²) in [5, 5.41) is 0.728. The Morgan fingerprint density at radius 1 is 1.26 bits per heavy atom. The number of nitrogens with zero attached hydrogens (tertiary/aromatic N) is 1. The zero-order valence-corrected chi connectivity index (χ0v) is 15.7. The summed E-state index contributed by atoms with van der Waals surface area (Å²) in [4.78, 5) is 42.9. The average molecular weight is 368 g/mol. The second-order valence-corrected chi connectivity index (χ2v) is 7.49. The van der Waals surface area contributed by atoms with Gasteiger partial charge in [-0.2, -0.15) is 0 Å². The minimum absolute atomic E-state index is 0.0184. The van der Waals surface area contributed by atoms with Gasteiger partial charge in [-0.3, -0.25) is 14.4 Å². The van der Waals surface area contributed by atoms with Gasteiger partial charge < -0.3 is 14.6 Å². The molecule has 27 heavy (non-hydrogen) atoms. The van der Waals surface area contributed by atoms with Crippen LogP contribution in [0.1, 0.15) is 49.9 Å². The number of amides is 1. The van der Waals surface area contributed by atoms with E-state index in [1.54, 1.807) is 13.0 Å². The third-order valence-corrected chi connectivity index (χ3v) is 6.27. The standard InChI is InChI=1S/C21H24N2O4/c1-3-21(20(26)27-4-2)12-13-9-10-17(21)23(13)19(25)15-11-18(24)22-16-8-6-5-7-14(15)16/h5-8,11,13,17H,3-4,9-10,12H2,1-2H3,(H,22,24)/t13-,17+,21+/m1/s1. The van der Waals surface area contributed by atoms with Crippen molar-refractivity contribution in [3.63, 3.8) is 0 Å². The van der Waals surface area contributed by atoms with Crippen LogP contribution in [0.2, 0.25) is 0 Å². The van der Waals surface area contributed by atoms with Crippen LogP contribution in [0.15, 0.2) is 35.1 Å². The Morgan fingerprint density at radius 2 is 2.04 bits per heavy atom. The van der Waals surface area contributed by atoms with Crippen LogP contribution in [0.25, 0.3) is 10.9 Å². The van der Waals surface area contributed by atoms with Gasteiger partial charge in [-0.05, 0) is 38.7 Å². The lowest BCUT2D eigenvalue weighted by Crippen LogP contribution is -2.45. The summed E-state index contributed by atoms with van der Waals surface area (Å²) < 4.78 is 5.36. The van der Waals surface area contributed by atoms with Gasteiger partial charge >= 0.3 is 5.97 Å². The topological polar surface area (TPSA) is 79.5 Å². The lowest BCUT2D eigenvalue weighted by atomic mass is 9.72. The molecule has 2 aliphatic rings. The predicted octanol–water partition coefficient (Wildman–Crippen LogP) is 2.86. The van der Waals surface area contributed by atoms with Crippen molar-refractivity contribution in [2.45, 2.75) is 51.6 Å². The molecule has 142 valence electrons. The first-order valence-electron chi connectivity index (χ1n) is 9.63. The fraction of sp³-hybridized carbons (Fsp3) is 0.476. The Morgan fingerprint density at radius 3 is 2.78 bits per heavy atom. The molecule has 0 unspecified atom stereocenters. The van der Waals surface area contributed by atoms with Gasteiger partial charge in [0.2, 0.25) is 5.56 Å². The molecule has 0 spiro atoms. The molecule has 0 saturated carbocycles. The van der Waals surface area contributed by atoms with Crippen LogP contribution >= 0.6 is 0 Å². The number of esters is 1. The summed E-state index contributed by atoms with van der Waals surface area (Å²) in [6.07, 6.45) is 2.97. The highest BCUT2D eigenvalue weighted by molar-refractivity contribution is 6.06. The maximum atomic E-state index is 13.5. The van der Waals surface area contributed by atoms with Gasteiger partial charge in [-0.1, -0.05) is 25.1 Å². The number of rotatable bonds is 4. The van der Waals surface area contributed by atoms with Crippen LogP contribution in [0, 0.1) is 5.41 Å². The van der Waals surface area contributed by atoms with E-state index >= 15 is 0 Å². The largest absolute Gasteiger partial charge is 0.466 e. The summed E-state index contributed by atoms with van der Waals surface area (Å²) >= 11 is 0. The minimum atomic E-state index is -0.633. The molecule has 1 aromatic heterocycles. The van der Waals surface area contributed by atoms with E-state index in [0.717, 1.165) is 18.2 Å². The average Bonchev–Trinajstić information content (AvgIpc) is 3.23. The maximum absolute atomic E-state index is 13.5. The van der Waals surface area contributed by atoms with Crippen molar-refractivity contribution in [2.75, 3.05) is 6.61 Å². The van der Waals surface area contributed by atoms with Crippen LogP contribution in [-0.2, 0) is 9.53 Å². The lowest BCUT2D eigenvalue weighted by Gasteiger charge is -2.34. The molecule has 3 atom stereocenters. The van der Waals surface area contributed by atoms with Gasteiger partial charge in [-0.25, -0.2) is 0 Å². The number of ether oxygens (including phenoxy) is 1. The number of fused-ring (bicyclic) bond motifs is 3. The van der Waals surface area contributed by atoms with Gasteiger partial charge in [0.15, 0.2) is 0 Å². The third-order valence-electron chi connectivity index (χ3n) is 6.27. The van der Waals surface area contributed by atoms with Crippen LogP contribution in [0.4, 0.5) is 0 Å². The number of benzene rings is 1.